The van der Waals surface area contributed by atoms with Gasteiger partial charge in [0.15, 0.2) is 0 Å². The summed E-state index contributed by atoms with van der Waals surface area (Å²) in [6.45, 7) is 1.84. The number of hydrogen-bond acceptors (Lipinski definition) is 4. The monoisotopic (exact) mass is 297 g/mol. The first-order chi connectivity index (χ1) is 9.03. The van der Waals surface area contributed by atoms with Crippen molar-refractivity contribution in [2.24, 2.45) is 0 Å². The van der Waals surface area contributed by atoms with Gasteiger partial charge in [-0.1, -0.05) is 18.2 Å². The van der Waals surface area contributed by atoms with Crippen LogP contribution in [0.1, 0.15) is 16.0 Å². The second kappa shape index (κ2) is 5.83. The van der Waals surface area contributed by atoms with Gasteiger partial charge in [0.05, 0.1) is 11.5 Å². The lowest BCUT2D eigenvalue weighted by Gasteiger charge is -2.10. The molecule has 4 nitrogen and oxygen atoms in total. The highest BCUT2D eigenvalue weighted by atomic mass is 32.2. The zero-order valence-electron chi connectivity index (χ0n) is 10.5. The van der Waals surface area contributed by atoms with Gasteiger partial charge in [0.25, 0.3) is 0 Å². The van der Waals surface area contributed by atoms with E-state index in [4.69, 9.17) is 5.11 Å². The van der Waals surface area contributed by atoms with Crippen LogP contribution in [0.3, 0.4) is 0 Å². The molecule has 0 radical (unpaired) electrons. The number of aliphatic hydroxyl groups is 1. The van der Waals surface area contributed by atoms with Crippen LogP contribution in [0.2, 0.25) is 0 Å². The van der Waals surface area contributed by atoms with E-state index in [1.54, 1.807) is 19.1 Å². The fourth-order valence-corrected chi connectivity index (χ4v) is 3.72. The van der Waals surface area contributed by atoms with Gasteiger partial charge in [-0.15, -0.1) is 11.3 Å². The Balaban J connectivity index is 2.23. The normalized spacial score (nSPS) is 11.7. The lowest BCUT2D eigenvalue weighted by atomic mass is 10.2. The van der Waals surface area contributed by atoms with Gasteiger partial charge in [-0.2, -0.15) is 0 Å². The topological polar surface area (TPSA) is 66.4 Å². The lowest BCUT2D eigenvalue weighted by molar-refractivity contribution is 0.281. The van der Waals surface area contributed by atoms with Gasteiger partial charge in [-0.05, 0) is 35.6 Å². The summed E-state index contributed by atoms with van der Waals surface area (Å²) in [7, 11) is -3.55. The number of nitrogens with one attached hydrogen (secondary N) is 1. The Morgan fingerprint density at radius 1 is 1.32 bits per heavy atom. The number of sulfonamides is 1. The molecule has 2 rings (SSSR count). The van der Waals surface area contributed by atoms with Gasteiger partial charge >= 0.3 is 0 Å². The molecule has 1 heterocycles. The van der Waals surface area contributed by atoms with Crippen molar-refractivity contribution < 1.29 is 13.5 Å². The molecule has 0 aliphatic rings. The van der Waals surface area contributed by atoms with E-state index in [0.29, 0.717) is 11.1 Å². The van der Waals surface area contributed by atoms with Crippen LogP contribution >= 0.6 is 11.3 Å². The fraction of sp³-hybridized carbons (Fsp3) is 0.231. The molecule has 19 heavy (non-hydrogen) atoms. The fourth-order valence-electron chi connectivity index (χ4n) is 1.69. The Hall–Kier alpha value is -1.21. The van der Waals surface area contributed by atoms with Crippen molar-refractivity contribution in [2.75, 3.05) is 0 Å². The Bertz CT molecular complexity index is 649. The molecule has 0 aliphatic carbocycles. The number of benzene rings is 1. The standard InChI is InChI=1S/C13H15NO3S2/c1-10-4-5-11(9-15)7-13(10)19(16,17)14-8-12-3-2-6-18-12/h2-7,14-15H,8-9H2,1H3. The van der Waals surface area contributed by atoms with Crippen molar-refractivity contribution in [1.82, 2.24) is 4.72 Å². The molecule has 0 atom stereocenters. The molecule has 0 spiro atoms. The molecule has 2 aromatic rings. The van der Waals surface area contributed by atoms with Crippen LogP contribution < -0.4 is 4.72 Å². The maximum absolute atomic E-state index is 12.2. The second-order valence-corrected chi connectivity index (χ2v) is 6.93. The van der Waals surface area contributed by atoms with E-state index in [9.17, 15) is 8.42 Å². The molecule has 6 heteroatoms. The van der Waals surface area contributed by atoms with Gasteiger partial charge in [0.1, 0.15) is 0 Å². The van der Waals surface area contributed by atoms with Crippen LogP contribution in [0.15, 0.2) is 40.6 Å². The summed E-state index contributed by atoms with van der Waals surface area (Å²) in [5, 5.41) is 11.0. The zero-order chi connectivity index (χ0) is 13.9. The molecule has 1 aromatic heterocycles. The number of thiophene rings is 1. The van der Waals surface area contributed by atoms with Crippen LogP contribution in [0.5, 0.6) is 0 Å². The van der Waals surface area contributed by atoms with E-state index in [-0.39, 0.29) is 18.0 Å². The van der Waals surface area contributed by atoms with Crippen LogP contribution in [0.4, 0.5) is 0 Å². The molecule has 0 saturated heterocycles. The first kappa shape index (κ1) is 14.2. The molecule has 0 unspecified atom stereocenters. The predicted molar refractivity (Wildman–Crippen MR) is 75.4 cm³/mol. The Kier molecular flexibility index (Phi) is 4.36. The van der Waals surface area contributed by atoms with Crippen molar-refractivity contribution in [3.05, 3.63) is 51.7 Å². The summed E-state index contributed by atoms with van der Waals surface area (Å²) in [6.07, 6.45) is 0. The molecular formula is C13H15NO3S2. The summed E-state index contributed by atoms with van der Waals surface area (Å²) in [4.78, 5) is 1.18. The minimum Gasteiger partial charge on any atom is -0.392 e. The van der Waals surface area contributed by atoms with Crippen molar-refractivity contribution >= 4 is 21.4 Å². The van der Waals surface area contributed by atoms with Crippen LogP contribution in [0.25, 0.3) is 0 Å². The first-order valence-electron chi connectivity index (χ1n) is 5.75. The summed E-state index contributed by atoms with van der Waals surface area (Å²) in [5.41, 5.74) is 1.25. The summed E-state index contributed by atoms with van der Waals surface area (Å²) in [5.74, 6) is 0. The van der Waals surface area contributed by atoms with E-state index in [0.717, 1.165) is 4.88 Å². The van der Waals surface area contributed by atoms with E-state index in [1.165, 1.54) is 17.4 Å². The van der Waals surface area contributed by atoms with Crippen LogP contribution in [0, 0.1) is 6.92 Å². The third-order valence-corrected chi connectivity index (χ3v) is 5.16. The molecule has 0 bridgehead atoms. The molecule has 0 aliphatic heterocycles. The van der Waals surface area contributed by atoms with Crippen molar-refractivity contribution in [2.45, 2.75) is 25.0 Å². The summed E-state index contributed by atoms with van der Waals surface area (Å²) in [6, 6.07) is 8.68. The summed E-state index contributed by atoms with van der Waals surface area (Å²) < 4.78 is 27.0. The largest absolute Gasteiger partial charge is 0.392 e. The zero-order valence-corrected chi connectivity index (χ0v) is 12.1. The highest BCUT2D eigenvalue weighted by Crippen LogP contribution is 2.18. The molecule has 102 valence electrons. The van der Waals surface area contributed by atoms with Gasteiger partial charge < -0.3 is 5.11 Å². The smallest absolute Gasteiger partial charge is 0.241 e. The Morgan fingerprint density at radius 2 is 2.11 bits per heavy atom. The van der Waals surface area contributed by atoms with Crippen molar-refractivity contribution in [1.29, 1.82) is 0 Å². The molecule has 1 aromatic carbocycles. The van der Waals surface area contributed by atoms with Crippen LogP contribution in [-0.4, -0.2) is 13.5 Å². The van der Waals surface area contributed by atoms with Crippen LogP contribution in [-0.2, 0) is 23.2 Å². The van der Waals surface area contributed by atoms with Gasteiger partial charge in [-0.25, -0.2) is 13.1 Å². The predicted octanol–water partition coefficient (Wildman–Crippen LogP) is 2.03. The third-order valence-electron chi connectivity index (χ3n) is 2.74. The van der Waals surface area contributed by atoms with E-state index in [2.05, 4.69) is 4.72 Å². The number of aliphatic hydroxyl groups excluding tert-OH is 1. The first-order valence-corrected chi connectivity index (χ1v) is 8.11. The maximum Gasteiger partial charge on any atom is 0.241 e. The van der Waals surface area contributed by atoms with E-state index < -0.39 is 10.0 Å². The van der Waals surface area contributed by atoms with Gasteiger partial charge in [-0.3, -0.25) is 0 Å². The highest BCUT2D eigenvalue weighted by molar-refractivity contribution is 7.89. The Labute approximate surface area is 116 Å². The van der Waals surface area contributed by atoms with Crippen molar-refractivity contribution in [3.8, 4) is 0 Å². The minimum atomic E-state index is -3.55. The molecule has 0 amide bonds. The quantitative estimate of drug-likeness (QED) is 0.887. The molecular weight excluding hydrogens is 282 g/mol. The van der Waals surface area contributed by atoms with E-state index in [1.807, 2.05) is 17.5 Å². The second-order valence-electron chi connectivity index (χ2n) is 4.16. The lowest BCUT2D eigenvalue weighted by Crippen LogP contribution is -2.23. The average molecular weight is 297 g/mol. The van der Waals surface area contributed by atoms with E-state index >= 15 is 0 Å². The molecule has 2 N–H and O–H groups in total. The van der Waals surface area contributed by atoms with Gasteiger partial charge in [0, 0.05) is 11.4 Å². The van der Waals surface area contributed by atoms with Crippen molar-refractivity contribution in [3.63, 3.8) is 0 Å². The number of hydrogen-bond donors (Lipinski definition) is 2. The average Bonchev–Trinajstić information content (AvgIpc) is 2.90. The SMILES string of the molecule is Cc1ccc(CO)cc1S(=O)(=O)NCc1cccs1. The number of aryl methyl sites for hydroxylation is 1. The maximum atomic E-state index is 12.2. The molecule has 0 saturated carbocycles. The third kappa shape index (κ3) is 3.42. The molecule has 0 fully saturated rings. The number of rotatable bonds is 5. The minimum absolute atomic E-state index is 0.173. The highest BCUT2D eigenvalue weighted by Gasteiger charge is 2.17. The van der Waals surface area contributed by atoms with Gasteiger partial charge in [0.2, 0.25) is 10.0 Å². The summed E-state index contributed by atoms with van der Waals surface area (Å²) >= 11 is 1.50. The Morgan fingerprint density at radius 3 is 2.74 bits per heavy atom.